The highest BCUT2D eigenvalue weighted by molar-refractivity contribution is 5.46. The molecule has 1 rings (SSSR count). The van der Waals surface area contributed by atoms with E-state index < -0.39 is 4.92 Å². The van der Waals surface area contributed by atoms with Crippen LogP contribution in [0.1, 0.15) is 26.3 Å². The lowest BCUT2D eigenvalue weighted by Crippen LogP contribution is -2.38. The van der Waals surface area contributed by atoms with Crippen LogP contribution in [0.2, 0.25) is 0 Å². The van der Waals surface area contributed by atoms with Crippen LogP contribution in [-0.2, 0) is 0 Å². The van der Waals surface area contributed by atoms with Crippen molar-refractivity contribution in [2.75, 3.05) is 18.4 Å². The minimum absolute atomic E-state index is 0.0494. The van der Waals surface area contributed by atoms with E-state index in [1.165, 1.54) is 6.20 Å². The highest BCUT2D eigenvalue weighted by atomic mass is 16.6. The molecule has 0 spiro atoms. The predicted octanol–water partition coefficient (Wildman–Crippen LogP) is 2.10. The number of hydrogen-bond acceptors (Lipinski definition) is 5. The standard InChI is InChI=1S/C12H20N4O2/c1-9-7-11(14-8-10(9)16(17)18)13-5-6-15-12(2,3)4/h7-8,15H,5-6H2,1-4H3,(H,13,14). The zero-order valence-electron chi connectivity index (χ0n) is 11.3. The fourth-order valence-electron chi connectivity index (χ4n) is 1.46. The van der Waals surface area contributed by atoms with Crippen LogP contribution in [0.3, 0.4) is 0 Å². The lowest BCUT2D eigenvalue weighted by Gasteiger charge is -2.20. The molecule has 0 aliphatic carbocycles. The quantitative estimate of drug-likeness (QED) is 0.476. The van der Waals surface area contributed by atoms with Gasteiger partial charge in [0, 0.05) is 24.2 Å². The van der Waals surface area contributed by atoms with Crippen molar-refractivity contribution >= 4 is 11.5 Å². The molecule has 6 nitrogen and oxygen atoms in total. The molecule has 2 N–H and O–H groups in total. The molecule has 0 fully saturated rings. The van der Waals surface area contributed by atoms with E-state index in [-0.39, 0.29) is 11.2 Å². The zero-order valence-corrected chi connectivity index (χ0v) is 11.3. The third-order valence-electron chi connectivity index (χ3n) is 2.37. The van der Waals surface area contributed by atoms with Crippen molar-refractivity contribution in [3.05, 3.63) is 27.9 Å². The Hall–Kier alpha value is -1.69. The van der Waals surface area contributed by atoms with Crippen LogP contribution >= 0.6 is 0 Å². The molecule has 0 radical (unpaired) electrons. The molecule has 1 heterocycles. The van der Waals surface area contributed by atoms with Gasteiger partial charge < -0.3 is 10.6 Å². The van der Waals surface area contributed by atoms with Crippen LogP contribution in [0.15, 0.2) is 12.3 Å². The summed E-state index contributed by atoms with van der Waals surface area (Å²) < 4.78 is 0. The van der Waals surface area contributed by atoms with E-state index in [0.29, 0.717) is 11.4 Å². The maximum atomic E-state index is 10.6. The lowest BCUT2D eigenvalue weighted by atomic mass is 10.1. The second-order valence-corrected chi connectivity index (χ2v) is 5.22. The summed E-state index contributed by atoms with van der Waals surface area (Å²) in [4.78, 5) is 14.2. The van der Waals surface area contributed by atoms with Gasteiger partial charge in [-0.2, -0.15) is 0 Å². The van der Waals surface area contributed by atoms with Crippen LogP contribution in [0.4, 0.5) is 11.5 Å². The molecule has 0 aliphatic heterocycles. The molecule has 0 amide bonds. The van der Waals surface area contributed by atoms with Crippen molar-refractivity contribution in [2.45, 2.75) is 33.2 Å². The highest BCUT2D eigenvalue weighted by Gasteiger charge is 2.11. The van der Waals surface area contributed by atoms with Gasteiger partial charge in [0.15, 0.2) is 0 Å². The van der Waals surface area contributed by atoms with E-state index in [0.717, 1.165) is 13.1 Å². The number of aromatic nitrogens is 1. The van der Waals surface area contributed by atoms with Crippen molar-refractivity contribution in [1.29, 1.82) is 0 Å². The van der Waals surface area contributed by atoms with Gasteiger partial charge in [-0.3, -0.25) is 10.1 Å². The topological polar surface area (TPSA) is 80.1 Å². The Morgan fingerprint density at radius 3 is 2.56 bits per heavy atom. The number of hydrogen-bond donors (Lipinski definition) is 2. The first-order valence-electron chi connectivity index (χ1n) is 5.89. The molecular weight excluding hydrogens is 232 g/mol. The van der Waals surface area contributed by atoms with E-state index in [1.54, 1.807) is 13.0 Å². The third-order valence-corrected chi connectivity index (χ3v) is 2.37. The summed E-state index contributed by atoms with van der Waals surface area (Å²) in [6.45, 7) is 9.53. The van der Waals surface area contributed by atoms with Gasteiger partial charge in [-0.05, 0) is 33.8 Å². The van der Waals surface area contributed by atoms with Gasteiger partial charge in [0.2, 0.25) is 0 Å². The van der Waals surface area contributed by atoms with Gasteiger partial charge in [0.25, 0.3) is 5.69 Å². The number of aryl methyl sites for hydroxylation is 1. The van der Waals surface area contributed by atoms with Crippen LogP contribution in [0.5, 0.6) is 0 Å². The predicted molar refractivity (Wildman–Crippen MR) is 71.9 cm³/mol. The van der Waals surface area contributed by atoms with E-state index in [1.807, 2.05) is 0 Å². The normalized spacial score (nSPS) is 11.3. The van der Waals surface area contributed by atoms with Crippen LogP contribution in [0.25, 0.3) is 0 Å². The second-order valence-electron chi connectivity index (χ2n) is 5.22. The summed E-state index contributed by atoms with van der Waals surface area (Å²) in [6, 6.07) is 1.69. The molecular formula is C12H20N4O2. The zero-order chi connectivity index (χ0) is 13.8. The van der Waals surface area contributed by atoms with E-state index in [4.69, 9.17) is 0 Å². The van der Waals surface area contributed by atoms with Crippen LogP contribution < -0.4 is 10.6 Å². The Labute approximate surface area is 107 Å². The van der Waals surface area contributed by atoms with Gasteiger partial charge in [0.1, 0.15) is 12.0 Å². The number of anilines is 1. The maximum absolute atomic E-state index is 10.6. The van der Waals surface area contributed by atoms with E-state index in [2.05, 4.69) is 36.4 Å². The van der Waals surface area contributed by atoms with Gasteiger partial charge >= 0.3 is 0 Å². The summed E-state index contributed by atoms with van der Waals surface area (Å²) in [5.74, 6) is 0.661. The summed E-state index contributed by atoms with van der Waals surface area (Å²) >= 11 is 0. The van der Waals surface area contributed by atoms with Gasteiger partial charge in [0.05, 0.1) is 4.92 Å². The number of nitrogens with zero attached hydrogens (tertiary/aromatic N) is 2. The fraction of sp³-hybridized carbons (Fsp3) is 0.583. The average molecular weight is 252 g/mol. The maximum Gasteiger partial charge on any atom is 0.290 e. The first kappa shape index (κ1) is 14.4. The van der Waals surface area contributed by atoms with Gasteiger partial charge in [-0.15, -0.1) is 0 Å². The van der Waals surface area contributed by atoms with Crippen molar-refractivity contribution in [3.63, 3.8) is 0 Å². The largest absolute Gasteiger partial charge is 0.369 e. The number of rotatable bonds is 5. The summed E-state index contributed by atoms with van der Waals surface area (Å²) in [6.07, 6.45) is 1.29. The summed E-state index contributed by atoms with van der Waals surface area (Å²) in [5, 5.41) is 17.1. The smallest absolute Gasteiger partial charge is 0.290 e. The van der Waals surface area contributed by atoms with Crippen molar-refractivity contribution in [1.82, 2.24) is 10.3 Å². The Morgan fingerprint density at radius 1 is 1.39 bits per heavy atom. The second kappa shape index (κ2) is 5.77. The highest BCUT2D eigenvalue weighted by Crippen LogP contribution is 2.18. The van der Waals surface area contributed by atoms with Gasteiger partial charge in [-0.25, -0.2) is 4.98 Å². The van der Waals surface area contributed by atoms with Crippen molar-refractivity contribution in [3.8, 4) is 0 Å². The number of nitro groups is 1. The Morgan fingerprint density at radius 2 is 2.06 bits per heavy atom. The lowest BCUT2D eigenvalue weighted by molar-refractivity contribution is -0.385. The molecule has 0 saturated carbocycles. The summed E-state index contributed by atoms with van der Waals surface area (Å²) in [5.41, 5.74) is 0.746. The van der Waals surface area contributed by atoms with Crippen LogP contribution in [0, 0.1) is 17.0 Å². The Balaban J connectivity index is 2.49. The molecule has 18 heavy (non-hydrogen) atoms. The van der Waals surface area contributed by atoms with E-state index >= 15 is 0 Å². The van der Waals surface area contributed by atoms with Crippen LogP contribution in [-0.4, -0.2) is 28.5 Å². The molecule has 1 aromatic rings. The number of pyridine rings is 1. The molecule has 1 aromatic heterocycles. The molecule has 0 bridgehead atoms. The first-order chi connectivity index (χ1) is 8.29. The minimum Gasteiger partial charge on any atom is -0.369 e. The monoisotopic (exact) mass is 252 g/mol. The van der Waals surface area contributed by atoms with Crippen molar-refractivity contribution < 1.29 is 4.92 Å². The average Bonchev–Trinajstić information content (AvgIpc) is 2.22. The molecule has 0 atom stereocenters. The van der Waals surface area contributed by atoms with E-state index in [9.17, 15) is 10.1 Å². The summed E-state index contributed by atoms with van der Waals surface area (Å²) in [7, 11) is 0. The van der Waals surface area contributed by atoms with Gasteiger partial charge in [-0.1, -0.05) is 0 Å². The molecule has 100 valence electrons. The van der Waals surface area contributed by atoms with Crippen molar-refractivity contribution in [2.24, 2.45) is 0 Å². The first-order valence-corrected chi connectivity index (χ1v) is 5.89. The molecule has 0 unspecified atom stereocenters. The molecule has 6 heteroatoms. The molecule has 0 saturated heterocycles. The molecule has 0 aliphatic rings. The Kier molecular flexibility index (Phi) is 4.61. The SMILES string of the molecule is Cc1cc(NCCNC(C)(C)C)ncc1[N+](=O)[O-]. The Bertz CT molecular complexity index is 427. The fourth-order valence-corrected chi connectivity index (χ4v) is 1.46. The number of nitrogens with one attached hydrogen (secondary N) is 2. The minimum atomic E-state index is -0.423. The molecule has 0 aromatic carbocycles. The third kappa shape index (κ3) is 4.67.